The van der Waals surface area contributed by atoms with Crippen molar-refractivity contribution in [3.63, 3.8) is 0 Å². The Hall–Kier alpha value is -4.64. The third kappa shape index (κ3) is 5.60. The van der Waals surface area contributed by atoms with Gasteiger partial charge in [-0.3, -0.25) is 4.57 Å². The normalized spacial score (nSPS) is 18.1. The van der Waals surface area contributed by atoms with Gasteiger partial charge in [0.1, 0.15) is 30.6 Å². The molecule has 2 aromatic carbocycles. The Labute approximate surface area is 255 Å². The molecule has 214 valence electrons. The van der Waals surface area contributed by atoms with Crippen LogP contribution < -0.4 is 0 Å². The number of fused-ring (bicyclic) bond motifs is 1. The maximum absolute atomic E-state index is 13.0. The molecule has 0 saturated carbocycles. The first kappa shape index (κ1) is 27.2. The minimum absolute atomic E-state index is 0.0804. The SMILES string of the molecule is O=C(OC[C@H]1O[C@@H](n2cnc3c(-c4ccc(-c5cccs5)s4)ccnc32)C[C@@H]1OC(=O)c1ccccc1)c1ccccc1. The zero-order valence-corrected chi connectivity index (χ0v) is 24.4. The molecule has 43 heavy (non-hydrogen) atoms. The van der Waals surface area contributed by atoms with E-state index < -0.39 is 30.4 Å². The first-order valence-electron chi connectivity index (χ1n) is 13.7. The van der Waals surface area contributed by atoms with Gasteiger partial charge in [-0.05, 0) is 53.9 Å². The second kappa shape index (κ2) is 11.9. The minimum Gasteiger partial charge on any atom is -0.459 e. The van der Waals surface area contributed by atoms with Crippen molar-refractivity contribution in [2.24, 2.45) is 0 Å². The lowest BCUT2D eigenvalue weighted by molar-refractivity contribution is -0.0563. The topological polar surface area (TPSA) is 92.5 Å². The minimum atomic E-state index is -0.684. The highest BCUT2D eigenvalue weighted by Crippen LogP contribution is 2.40. The molecule has 5 heterocycles. The number of esters is 2. The van der Waals surface area contributed by atoms with Gasteiger partial charge >= 0.3 is 11.9 Å². The maximum Gasteiger partial charge on any atom is 0.338 e. The number of thiophene rings is 2. The van der Waals surface area contributed by atoms with E-state index in [0.29, 0.717) is 23.2 Å². The molecule has 1 aliphatic heterocycles. The van der Waals surface area contributed by atoms with Crippen LogP contribution in [0.25, 0.3) is 31.4 Å². The fourth-order valence-corrected chi connectivity index (χ4v) is 6.98. The van der Waals surface area contributed by atoms with Crippen molar-refractivity contribution in [3.8, 4) is 20.2 Å². The van der Waals surface area contributed by atoms with Crippen LogP contribution in [-0.4, -0.2) is 45.3 Å². The van der Waals surface area contributed by atoms with Gasteiger partial charge in [0.15, 0.2) is 5.65 Å². The molecule has 1 aliphatic rings. The molecule has 0 unspecified atom stereocenters. The molecule has 0 N–H and O–H groups in total. The largest absolute Gasteiger partial charge is 0.459 e. The van der Waals surface area contributed by atoms with Crippen LogP contribution in [0.2, 0.25) is 0 Å². The number of benzene rings is 2. The third-order valence-electron chi connectivity index (χ3n) is 7.24. The number of hydrogen-bond acceptors (Lipinski definition) is 9. The van der Waals surface area contributed by atoms with Gasteiger partial charge in [0, 0.05) is 32.8 Å². The average Bonchev–Trinajstić information content (AvgIpc) is 3.87. The zero-order valence-electron chi connectivity index (χ0n) is 22.7. The fourth-order valence-electron chi connectivity index (χ4n) is 5.12. The van der Waals surface area contributed by atoms with E-state index in [2.05, 4.69) is 28.6 Å². The summed E-state index contributed by atoms with van der Waals surface area (Å²) in [4.78, 5) is 38.5. The average molecular weight is 608 g/mol. The molecular formula is C33H25N3O5S2. The molecule has 3 atom stereocenters. The molecule has 1 fully saturated rings. The van der Waals surface area contributed by atoms with Crippen LogP contribution in [0.5, 0.6) is 0 Å². The lowest BCUT2D eigenvalue weighted by atomic mass is 10.1. The molecule has 4 aromatic heterocycles. The summed E-state index contributed by atoms with van der Waals surface area (Å²) in [6.45, 7) is -0.0804. The molecule has 8 nitrogen and oxygen atoms in total. The Kier molecular flexibility index (Phi) is 7.55. The lowest BCUT2D eigenvalue weighted by Gasteiger charge is -2.19. The second-order valence-electron chi connectivity index (χ2n) is 9.96. The lowest BCUT2D eigenvalue weighted by Crippen LogP contribution is -2.32. The van der Waals surface area contributed by atoms with Crippen LogP contribution in [0.3, 0.4) is 0 Å². The van der Waals surface area contributed by atoms with Crippen molar-refractivity contribution in [1.29, 1.82) is 0 Å². The number of pyridine rings is 1. The van der Waals surface area contributed by atoms with Crippen LogP contribution in [0.1, 0.15) is 33.4 Å². The van der Waals surface area contributed by atoms with Gasteiger partial charge < -0.3 is 14.2 Å². The van der Waals surface area contributed by atoms with Crippen molar-refractivity contribution in [2.75, 3.05) is 6.61 Å². The summed E-state index contributed by atoms with van der Waals surface area (Å²) < 4.78 is 19.7. The summed E-state index contributed by atoms with van der Waals surface area (Å²) in [7, 11) is 0. The van der Waals surface area contributed by atoms with E-state index in [1.807, 2.05) is 28.8 Å². The van der Waals surface area contributed by atoms with Gasteiger partial charge in [0.25, 0.3) is 0 Å². The Morgan fingerprint density at radius 3 is 2.33 bits per heavy atom. The number of imidazole rings is 1. The molecule has 0 spiro atoms. The number of carbonyl (C=O) groups excluding carboxylic acids is 2. The second-order valence-corrected chi connectivity index (χ2v) is 12.0. The number of rotatable bonds is 8. The summed E-state index contributed by atoms with van der Waals surface area (Å²) in [5.74, 6) is -0.942. The Bertz CT molecular complexity index is 1870. The van der Waals surface area contributed by atoms with Crippen LogP contribution in [0, 0.1) is 0 Å². The summed E-state index contributed by atoms with van der Waals surface area (Å²) in [5.41, 5.74) is 3.26. The van der Waals surface area contributed by atoms with E-state index in [-0.39, 0.29) is 6.61 Å². The smallest absolute Gasteiger partial charge is 0.338 e. The standard InChI is InChI=1S/C33H25N3O5S2/c37-32(21-8-3-1-4-9-21)39-19-25-24(41-33(38)22-10-5-2-6-11-22)18-29(40-25)36-20-35-30-23(15-16-34-31(30)36)26-13-14-28(43-26)27-12-7-17-42-27/h1-17,20,24-25,29H,18-19H2/t24-,25+,29+/m0/s1. The zero-order chi connectivity index (χ0) is 29.2. The van der Waals surface area contributed by atoms with Gasteiger partial charge in [-0.15, -0.1) is 22.7 Å². The van der Waals surface area contributed by atoms with Crippen LogP contribution in [0.4, 0.5) is 0 Å². The first-order chi connectivity index (χ1) is 21.1. The highest BCUT2D eigenvalue weighted by Gasteiger charge is 2.40. The predicted molar refractivity (Wildman–Crippen MR) is 165 cm³/mol. The molecule has 7 rings (SSSR count). The van der Waals surface area contributed by atoms with Crippen molar-refractivity contribution in [3.05, 3.63) is 120 Å². The molecular weight excluding hydrogens is 583 g/mol. The molecule has 0 amide bonds. The van der Waals surface area contributed by atoms with Crippen molar-refractivity contribution in [1.82, 2.24) is 14.5 Å². The summed E-state index contributed by atoms with van der Waals surface area (Å²) >= 11 is 3.42. The van der Waals surface area contributed by atoms with Gasteiger partial charge in [-0.1, -0.05) is 42.5 Å². The maximum atomic E-state index is 13.0. The van der Waals surface area contributed by atoms with Crippen molar-refractivity contribution < 1.29 is 23.8 Å². The van der Waals surface area contributed by atoms with E-state index >= 15 is 0 Å². The van der Waals surface area contributed by atoms with Crippen molar-refractivity contribution >= 4 is 45.8 Å². The molecule has 6 aromatic rings. The van der Waals surface area contributed by atoms with Gasteiger partial charge in [-0.2, -0.15) is 0 Å². The molecule has 0 bridgehead atoms. The quantitative estimate of drug-likeness (QED) is 0.168. The van der Waals surface area contributed by atoms with Crippen molar-refractivity contribution in [2.45, 2.75) is 24.9 Å². The molecule has 0 radical (unpaired) electrons. The summed E-state index contributed by atoms with van der Waals surface area (Å²) in [5, 5.41) is 2.07. The fraction of sp³-hybridized carbons (Fsp3) is 0.152. The number of aromatic nitrogens is 3. The van der Waals surface area contributed by atoms with Crippen LogP contribution in [-0.2, 0) is 14.2 Å². The summed E-state index contributed by atoms with van der Waals surface area (Å²) in [6, 6.07) is 27.9. The highest BCUT2D eigenvalue weighted by atomic mass is 32.1. The van der Waals surface area contributed by atoms with E-state index in [1.54, 1.807) is 83.7 Å². The van der Waals surface area contributed by atoms with E-state index in [9.17, 15) is 9.59 Å². The molecule has 10 heteroatoms. The predicted octanol–water partition coefficient (Wildman–Crippen LogP) is 7.26. The monoisotopic (exact) mass is 607 g/mol. The van der Waals surface area contributed by atoms with E-state index in [0.717, 1.165) is 16.0 Å². The Morgan fingerprint density at radius 2 is 1.58 bits per heavy atom. The van der Waals surface area contributed by atoms with Gasteiger partial charge in [-0.25, -0.2) is 19.6 Å². The Balaban J connectivity index is 1.15. The highest BCUT2D eigenvalue weighted by molar-refractivity contribution is 7.23. The number of carbonyl (C=O) groups is 2. The third-order valence-corrected chi connectivity index (χ3v) is 9.43. The van der Waals surface area contributed by atoms with Crippen LogP contribution >= 0.6 is 22.7 Å². The van der Waals surface area contributed by atoms with Gasteiger partial charge in [0.2, 0.25) is 0 Å². The molecule has 1 saturated heterocycles. The van der Waals surface area contributed by atoms with Crippen LogP contribution in [0.15, 0.2) is 109 Å². The van der Waals surface area contributed by atoms with Gasteiger partial charge in [0.05, 0.1) is 17.5 Å². The van der Waals surface area contributed by atoms with E-state index in [1.165, 1.54) is 9.75 Å². The number of nitrogens with zero attached hydrogens (tertiary/aromatic N) is 3. The number of hydrogen-bond donors (Lipinski definition) is 0. The number of ether oxygens (including phenoxy) is 3. The first-order valence-corrected chi connectivity index (χ1v) is 15.4. The summed E-state index contributed by atoms with van der Waals surface area (Å²) in [6.07, 6.45) is 1.93. The van der Waals surface area contributed by atoms with E-state index in [4.69, 9.17) is 19.2 Å². The Morgan fingerprint density at radius 1 is 0.837 bits per heavy atom. The molecule has 0 aliphatic carbocycles.